The van der Waals surface area contributed by atoms with Gasteiger partial charge in [-0.1, -0.05) is 54.2 Å². The fourth-order valence-corrected chi connectivity index (χ4v) is 3.26. The molecular formula is C22H17FN2O2S. The first kappa shape index (κ1) is 18.3. The van der Waals surface area contributed by atoms with Crippen LogP contribution in [-0.2, 0) is 12.4 Å². The van der Waals surface area contributed by atoms with Crippen LogP contribution in [-0.4, -0.2) is 10.2 Å². The summed E-state index contributed by atoms with van der Waals surface area (Å²) in [5.74, 6) is 1.76. The molecule has 0 saturated carbocycles. The molecule has 6 heteroatoms. The Bertz CT molecular complexity index is 1020. The number of rotatable bonds is 7. The first-order valence-corrected chi connectivity index (χ1v) is 9.73. The summed E-state index contributed by atoms with van der Waals surface area (Å²) in [6.45, 7) is 0.401. The fraction of sp³-hybridized carbons (Fsp3) is 0.0909. The third kappa shape index (κ3) is 4.78. The third-order valence-corrected chi connectivity index (χ3v) is 4.92. The maximum absolute atomic E-state index is 12.9. The monoisotopic (exact) mass is 392 g/mol. The van der Waals surface area contributed by atoms with Crippen molar-refractivity contribution >= 4 is 11.8 Å². The molecule has 4 aromatic rings. The van der Waals surface area contributed by atoms with Crippen LogP contribution in [0.25, 0.3) is 11.5 Å². The van der Waals surface area contributed by atoms with E-state index in [0.29, 0.717) is 23.5 Å². The van der Waals surface area contributed by atoms with E-state index in [0.717, 1.165) is 22.4 Å². The Morgan fingerprint density at radius 2 is 1.54 bits per heavy atom. The van der Waals surface area contributed by atoms with Crippen molar-refractivity contribution in [1.29, 1.82) is 0 Å². The van der Waals surface area contributed by atoms with E-state index in [-0.39, 0.29) is 5.82 Å². The van der Waals surface area contributed by atoms with Crippen LogP contribution in [0, 0.1) is 5.82 Å². The van der Waals surface area contributed by atoms with Crippen LogP contribution in [0.3, 0.4) is 0 Å². The third-order valence-electron chi connectivity index (χ3n) is 4.03. The van der Waals surface area contributed by atoms with Crippen LogP contribution < -0.4 is 4.74 Å². The molecule has 28 heavy (non-hydrogen) atoms. The summed E-state index contributed by atoms with van der Waals surface area (Å²) in [4.78, 5) is 0. The van der Waals surface area contributed by atoms with E-state index in [4.69, 9.17) is 9.15 Å². The molecule has 1 heterocycles. The highest BCUT2D eigenvalue weighted by Crippen LogP contribution is 2.26. The number of nitrogens with zero attached hydrogens (tertiary/aromatic N) is 2. The molecule has 140 valence electrons. The van der Waals surface area contributed by atoms with Gasteiger partial charge in [0.15, 0.2) is 0 Å². The van der Waals surface area contributed by atoms with Gasteiger partial charge in [0.2, 0.25) is 5.89 Å². The average Bonchev–Trinajstić information content (AvgIpc) is 3.22. The zero-order valence-electron chi connectivity index (χ0n) is 14.9. The number of hydrogen-bond donors (Lipinski definition) is 0. The number of benzene rings is 3. The number of hydrogen-bond acceptors (Lipinski definition) is 5. The summed E-state index contributed by atoms with van der Waals surface area (Å²) in [6, 6.07) is 23.8. The molecule has 0 fully saturated rings. The zero-order chi connectivity index (χ0) is 19.2. The van der Waals surface area contributed by atoms with Crippen molar-refractivity contribution in [2.45, 2.75) is 17.6 Å². The summed E-state index contributed by atoms with van der Waals surface area (Å²) in [5, 5.41) is 8.72. The van der Waals surface area contributed by atoms with E-state index in [2.05, 4.69) is 10.2 Å². The lowest BCUT2D eigenvalue weighted by Crippen LogP contribution is -1.95. The molecule has 4 nitrogen and oxygen atoms in total. The summed E-state index contributed by atoms with van der Waals surface area (Å²) in [6.07, 6.45) is 0. The highest BCUT2D eigenvalue weighted by Gasteiger charge is 2.09. The maximum Gasteiger partial charge on any atom is 0.277 e. The second kappa shape index (κ2) is 8.71. The normalized spacial score (nSPS) is 10.8. The molecule has 0 saturated heterocycles. The molecule has 4 rings (SSSR count). The second-order valence-corrected chi connectivity index (χ2v) is 7.01. The standard InChI is InChI=1S/C22H17FN2O2S/c23-19-10-6-16(7-11-19)14-26-20-12-8-17(9-13-20)15-28-22-25-24-21(27-22)18-4-2-1-3-5-18/h1-13H,14-15H2. The predicted molar refractivity (Wildman–Crippen MR) is 106 cm³/mol. The molecule has 0 N–H and O–H groups in total. The second-order valence-electron chi connectivity index (χ2n) is 6.09. The lowest BCUT2D eigenvalue weighted by atomic mass is 10.2. The van der Waals surface area contributed by atoms with Crippen LogP contribution >= 0.6 is 11.8 Å². The average molecular weight is 392 g/mol. The minimum Gasteiger partial charge on any atom is -0.489 e. The zero-order valence-corrected chi connectivity index (χ0v) is 15.7. The summed E-state index contributed by atoms with van der Waals surface area (Å²) in [7, 11) is 0. The van der Waals surface area contributed by atoms with Gasteiger partial charge >= 0.3 is 0 Å². The Hall–Kier alpha value is -3.12. The van der Waals surface area contributed by atoms with Gasteiger partial charge in [-0.15, -0.1) is 10.2 Å². The van der Waals surface area contributed by atoms with Crippen LogP contribution in [0.2, 0.25) is 0 Å². The van der Waals surface area contributed by atoms with E-state index in [1.165, 1.54) is 23.9 Å². The predicted octanol–water partition coefficient (Wildman–Crippen LogP) is 5.75. The molecule has 0 atom stereocenters. The quantitative estimate of drug-likeness (QED) is 0.375. The van der Waals surface area contributed by atoms with Gasteiger partial charge in [-0.25, -0.2) is 4.39 Å². The number of aromatic nitrogens is 2. The highest BCUT2D eigenvalue weighted by atomic mass is 32.2. The van der Waals surface area contributed by atoms with Gasteiger partial charge in [0.25, 0.3) is 5.22 Å². The van der Waals surface area contributed by atoms with Crippen LogP contribution in [0.1, 0.15) is 11.1 Å². The van der Waals surface area contributed by atoms with Crippen LogP contribution in [0.5, 0.6) is 5.75 Å². The van der Waals surface area contributed by atoms with Crippen molar-refractivity contribution in [3.05, 3.63) is 95.8 Å². The molecule has 1 aromatic heterocycles. The summed E-state index contributed by atoms with van der Waals surface area (Å²) >= 11 is 1.49. The Morgan fingerprint density at radius 3 is 2.29 bits per heavy atom. The number of halogens is 1. The molecule has 0 bridgehead atoms. The van der Waals surface area contributed by atoms with Crippen molar-refractivity contribution < 1.29 is 13.5 Å². The number of thioether (sulfide) groups is 1. The topological polar surface area (TPSA) is 48.2 Å². The Balaban J connectivity index is 1.30. The molecule has 0 unspecified atom stereocenters. The first-order valence-electron chi connectivity index (χ1n) is 8.74. The lowest BCUT2D eigenvalue weighted by molar-refractivity contribution is 0.306. The van der Waals surface area contributed by atoms with E-state index in [1.807, 2.05) is 54.6 Å². The molecule has 0 radical (unpaired) electrons. The van der Waals surface area contributed by atoms with E-state index in [9.17, 15) is 4.39 Å². The van der Waals surface area contributed by atoms with Crippen molar-refractivity contribution in [1.82, 2.24) is 10.2 Å². The van der Waals surface area contributed by atoms with Gasteiger partial charge in [-0.05, 0) is 47.5 Å². The lowest BCUT2D eigenvalue weighted by Gasteiger charge is -2.07. The molecule has 0 aliphatic rings. The van der Waals surface area contributed by atoms with Gasteiger partial charge in [-0.2, -0.15) is 0 Å². The Morgan fingerprint density at radius 1 is 0.821 bits per heavy atom. The molecule has 0 aliphatic carbocycles. The molecule has 0 spiro atoms. The van der Waals surface area contributed by atoms with Gasteiger partial charge in [0.05, 0.1) is 0 Å². The summed E-state index contributed by atoms with van der Waals surface area (Å²) < 4.78 is 24.4. The van der Waals surface area contributed by atoms with E-state index in [1.54, 1.807) is 12.1 Å². The van der Waals surface area contributed by atoms with Gasteiger partial charge in [0, 0.05) is 11.3 Å². The van der Waals surface area contributed by atoms with Crippen molar-refractivity contribution in [3.63, 3.8) is 0 Å². The molecule has 0 aliphatic heterocycles. The van der Waals surface area contributed by atoms with Crippen molar-refractivity contribution in [2.24, 2.45) is 0 Å². The first-order chi connectivity index (χ1) is 13.8. The Kier molecular flexibility index (Phi) is 5.68. The smallest absolute Gasteiger partial charge is 0.277 e. The van der Waals surface area contributed by atoms with E-state index < -0.39 is 0 Å². The largest absolute Gasteiger partial charge is 0.489 e. The minimum absolute atomic E-state index is 0.247. The molecular weight excluding hydrogens is 375 g/mol. The fourth-order valence-electron chi connectivity index (χ4n) is 2.54. The molecule has 0 amide bonds. The van der Waals surface area contributed by atoms with Crippen LogP contribution in [0.4, 0.5) is 4.39 Å². The minimum atomic E-state index is -0.247. The Labute approximate surface area is 166 Å². The van der Waals surface area contributed by atoms with Gasteiger partial charge in [-0.3, -0.25) is 0 Å². The van der Waals surface area contributed by atoms with Crippen LogP contribution in [0.15, 0.2) is 88.5 Å². The SMILES string of the molecule is Fc1ccc(COc2ccc(CSc3nnc(-c4ccccc4)o3)cc2)cc1. The summed E-state index contributed by atoms with van der Waals surface area (Å²) in [5.41, 5.74) is 2.95. The van der Waals surface area contributed by atoms with Gasteiger partial charge in [0.1, 0.15) is 18.2 Å². The maximum atomic E-state index is 12.9. The number of ether oxygens (including phenoxy) is 1. The highest BCUT2D eigenvalue weighted by molar-refractivity contribution is 7.98. The van der Waals surface area contributed by atoms with Crippen molar-refractivity contribution in [3.8, 4) is 17.2 Å². The van der Waals surface area contributed by atoms with E-state index >= 15 is 0 Å². The van der Waals surface area contributed by atoms with Gasteiger partial charge < -0.3 is 9.15 Å². The van der Waals surface area contributed by atoms with Crippen molar-refractivity contribution in [2.75, 3.05) is 0 Å². The molecule has 3 aromatic carbocycles.